The molecule has 2 rings (SSSR count). The standard InChI is InChI=1S/C16H32N2O/c1-3-14-8-6-5-7-10-18(14)16(13-17)9-11-19-15(4-2)12-16/h14-15H,3-13,17H2,1-2H3. The van der Waals surface area contributed by atoms with Crippen molar-refractivity contribution in [1.29, 1.82) is 0 Å². The van der Waals surface area contributed by atoms with E-state index < -0.39 is 0 Å². The lowest BCUT2D eigenvalue weighted by Gasteiger charge is -2.50. The van der Waals surface area contributed by atoms with Crippen LogP contribution in [0.5, 0.6) is 0 Å². The van der Waals surface area contributed by atoms with Gasteiger partial charge >= 0.3 is 0 Å². The Balaban J connectivity index is 2.16. The van der Waals surface area contributed by atoms with Crippen molar-refractivity contribution < 1.29 is 4.74 Å². The first kappa shape index (κ1) is 15.3. The van der Waals surface area contributed by atoms with Crippen molar-refractivity contribution >= 4 is 0 Å². The predicted octanol–water partition coefficient (Wildman–Crippen LogP) is 2.93. The third kappa shape index (κ3) is 3.32. The number of rotatable bonds is 4. The number of nitrogens with zero attached hydrogens (tertiary/aromatic N) is 1. The lowest BCUT2D eigenvalue weighted by molar-refractivity contribution is -0.0845. The average molecular weight is 268 g/mol. The molecule has 3 heteroatoms. The van der Waals surface area contributed by atoms with Gasteiger partial charge in [-0.2, -0.15) is 0 Å². The average Bonchev–Trinajstić information content (AvgIpc) is 2.72. The molecule has 0 bridgehead atoms. The summed E-state index contributed by atoms with van der Waals surface area (Å²) in [5.41, 5.74) is 6.47. The van der Waals surface area contributed by atoms with Gasteiger partial charge in [0, 0.05) is 24.7 Å². The number of hydrogen-bond acceptors (Lipinski definition) is 3. The van der Waals surface area contributed by atoms with Gasteiger partial charge in [0.2, 0.25) is 0 Å². The molecule has 2 heterocycles. The minimum absolute atomic E-state index is 0.212. The summed E-state index contributed by atoms with van der Waals surface area (Å²) >= 11 is 0. The summed E-state index contributed by atoms with van der Waals surface area (Å²) in [6.45, 7) is 7.50. The van der Waals surface area contributed by atoms with Crippen LogP contribution in [0, 0.1) is 0 Å². The van der Waals surface area contributed by atoms with Gasteiger partial charge in [0.25, 0.3) is 0 Å². The number of hydrogen-bond donors (Lipinski definition) is 1. The number of likely N-dealkylation sites (tertiary alicyclic amines) is 1. The SMILES string of the molecule is CCC1CC(CN)(N2CCCCCC2CC)CCO1. The fourth-order valence-corrected chi connectivity index (χ4v) is 4.05. The predicted molar refractivity (Wildman–Crippen MR) is 80.3 cm³/mol. The van der Waals surface area contributed by atoms with Crippen molar-refractivity contribution in [3.8, 4) is 0 Å². The van der Waals surface area contributed by atoms with Gasteiger partial charge in [-0.15, -0.1) is 0 Å². The first-order chi connectivity index (χ1) is 9.25. The van der Waals surface area contributed by atoms with E-state index in [-0.39, 0.29) is 5.54 Å². The summed E-state index contributed by atoms with van der Waals surface area (Å²) < 4.78 is 5.89. The quantitative estimate of drug-likeness (QED) is 0.852. The first-order valence-corrected chi connectivity index (χ1v) is 8.34. The van der Waals surface area contributed by atoms with E-state index in [9.17, 15) is 0 Å². The smallest absolute Gasteiger partial charge is 0.0590 e. The zero-order chi connectivity index (χ0) is 13.7. The Morgan fingerprint density at radius 3 is 2.74 bits per heavy atom. The summed E-state index contributed by atoms with van der Waals surface area (Å²) in [6.07, 6.45) is 10.5. The molecular weight excluding hydrogens is 236 g/mol. The van der Waals surface area contributed by atoms with E-state index in [0.717, 1.165) is 38.5 Å². The van der Waals surface area contributed by atoms with E-state index in [4.69, 9.17) is 10.5 Å². The van der Waals surface area contributed by atoms with Gasteiger partial charge in [-0.25, -0.2) is 0 Å². The summed E-state index contributed by atoms with van der Waals surface area (Å²) in [5, 5.41) is 0. The highest BCUT2D eigenvalue weighted by molar-refractivity contribution is 4.99. The molecule has 0 aliphatic carbocycles. The van der Waals surface area contributed by atoms with E-state index in [1.165, 1.54) is 38.6 Å². The molecule has 19 heavy (non-hydrogen) atoms. The molecular formula is C16H32N2O. The summed E-state index contributed by atoms with van der Waals surface area (Å²) in [7, 11) is 0. The monoisotopic (exact) mass is 268 g/mol. The summed E-state index contributed by atoms with van der Waals surface area (Å²) in [6, 6.07) is 0.738. The number of ether oxygens (including phenoxy) is 1. The molecule has 2 aliphatic heterocycles. The molecule has 2 aliphatic rings. The maximum absolute atomic E-state index is 6.26. The fraction of sp³-hybridized carbons (Fsp3) is 1.00. The second kappa shape index (κ2) is 7.05. The van der Waals surface area contributed by atoms with Crippen molar-refractivity contribution in [3.05, 3.63) is 0 Å². The second-order valence-electron chi connectivity index (χ2n) is 6.39. The molecule has 2 N–H and O–H groups in total. The van der Waals surface area contributed by atoms with Crippen molar-refractivity contribution in [2.75, 3.05) is 19.7 Å². The van der Waals surface area contributed by atoms with Gasteiger partial charge in [-0.05, 0) is 45.1 Å². The highest BCUT2D eigenvalue weighted by Crippen LogP contribution is 2.36. The van der Waals surface area contributed by atoms with Crippen LogP contribution in [0.15, 0.2) is 0 Å². The highest BCUT2D eigenvalue weighted by atomic mass is 16.5. The molecule has 2 fully saturated rings. The molecule has 3 nitrogen and oxygen atoms in total. The van der Waals surface area contributed by atoms with Crippen molar-refractivity contribution in [2.24, 2.45) is 5.73 Å². The minimum atomic E-state index is 0.212. The van der Waals surface area contributed by atoms with Crippen LogP contribution in [0.3, 0.4) is 0 Å². The Labute approximate surface area is 118 Å². The molecule has 0 aromatic rings. The van der Waals surface area contributed by atoms with E-state index in [0.29, 0.717) is 6.10 Å². The zero-order valence-electron chi connectivity index (χ0n) is 12.9. The fourth-order valence-electron chi connectivity index (χ4n) is 4.05. The topological polar surface area (TPSA) is 38.5 Å². The third-order valence-electron chi connectivity index (χ3n) is 5.32. The van der Waals surface area contributed by atoms with Crippen LogP contribution in [0.4, 0.5) is 0 Å². The molecule has 0 aromatic heterocycles. The molecule has 0 aromatic carbocycles. The Hall–Kier alpha value is -0.120. The van der Waals surface area contributed by atoms with Gasteiger partial charge in [0.05, 0.1) is 6.10 Å². The Kier molecular flexibility index (Phi) is 5.67. The van der Waals surface area contributed by atoms with Crippen molar-refractivity contribution in [3.63, 3.8) is 0 Å². The third-order valence-corrected chi connectivity index (χ3v) is 5.32. The molecule has 112 valence electrons. The number of nitrogens with two attached hydrogens (primary N) is 1. The molecule has 0 saturated carbocycles. The molecule has 2 saturated heterocycles. The largest absolute Gasteiger partial charge is 0.378 e. The molecule has 0 amide bonds. The second-order valence-corrected chi connectivity index (χ2v) is 6.39. The normalized spacial score (nSPS) is 38.1. The van der Waals surface area contributed by atoms with Crippen LogP contribution in [0.2, 0.25) is 0 Å². The van der Waals surface area contributed by atoms with Gasteiger partial charge in [0.15, 0.2) is 0 Å². The van der Waals surface area contributed by atoms with E-state index >= 15 is 0 Å². The van der Waals surface area contributed by atoms with Gasteiger partial charge in [-0.3, -0.25) is 4.90 Å². The molecule has 0 spiro atoms. The van der Waals surface area contributed by atoms with E-state index in [1.807, 2.05) is 0 Å². The lowest BCUT2D eigenvalue weighted by Crippen LogP contribution is -2.61. The lowest BCUT2D eigenvalue weighted by atomic mass is 9.82. The molecule has 0 radical (unpaired) electrons. The molecule has 3 unspecified atom stereocenters. The van der Waals surface area contributed by atoms with Gasteiger partial charge in [0.1, 0.15) is 0 Å². The van der Waals surface area contributed by atoms with Crippen molar-refractivity contribution in [2.45, 2.75) is 82.9 Å². The molecule has 3 atom stereocenters. The van der Waals surface area contributed by atoms with Crippen LogP contribution in [0.1, 0.15) is 65.2 Å². The van der Waals surface area contributed by atoms with E-state index in [1.54, 1.807) is 0 Å². The zero-order valence-corrected chi connectivity index (χ0v) is 12.9. The first-order valence-electron chi connectivity index (χ1n) is 8.34. The minimum Gasteiger partial charge on any atom is -0.378 e. The maximum atomic E-state index is 6.26. The van der Waals surface area contributed by atoms with Crippen molar-refractivity contribution in [1.82, 2.24) is 4.90 Å². The van der Waals surface area contributed by atoms with Crippen LogP contribution in [0.25, 0.3) is 0 Å². The van der Waals surface area contributed by atoms with E-state index in [2.05, 4.69) is 18.7 Å². The van der Waals surface area contributed by atoms with Crippen LogP contribution in [-0.2, 0) is 4.74 Å². The summed E-state index contributed by atoms with van der Waals surface area (Å²) in [5.74, 6) is 0. The maximum Gasteiger partial charge on any atom is 0.0590 e. The Morgan fingerprint density at radius 2 is 2.05 bits per heavy atom. The van der Waals surface area contributed by atoms with Gasteiger partial charge < -0.3 is 10.5 Å². The highest BCUT2D eigenvalue weighted by Gasteiger charge is 2.42. The van der Waals surface area contributed by atoms with Crippen LogP contribution in [-0.4, -0.2) is 42.3 Å². The Morgan fingerprint density at radius 1 is 1.21 bits per heavy atom. The van der Waals surface area contributed by atoms with Gasteiger partial charge in [-0.1, -0.05) is 26.7 Å². The van der Waals surface area contributed by atoms with Crippen LogP contribution < -0.4 is 5.73 Å². The van der Waals surface area contributed by atoms with Crippen LogP contribution >= 0.6 is 0 Å². The Bertz CT molecular complexity index is 271. The summed E-state index contributed by atoms with van der Waals surface area (Å²) in [4.78, 5) is 2.78.